The minimum Gasteiger partial charge on any atom is -0.389 e. The Morgan fingerprint density at radius 1 is 0.976 bits per heavy atom. The number of β-amino-alcohol motifs (C(OH)–C–C–N with tert-alkyl or cyclic N) is 1. The van der Waals surface area contributed by atoms with E-state index in [-0.39, 0.29) is 28.6 Å². The van der Waals surface area contributed by atoms with Crippen molar-refractivity contribution in [2.75, 3.05) is 48.3 Å². The average molecular weight is 577 g/mol. The van der Waals surface area contributed by atoms with Gasteiger partial charge in [0.15, 0.2) is 17.5 Å². The first-order valence-corrected chi connectivity index (χ1v) is 13.5. The third kappa shape index (κ3) is 6.22. The summed E-state index contributed by atoms with van der Waals surface area (Å²) in [5, 5.41) is 15.9. The van der Waals surface area contributed by atoms with E-state index in [1.165, 1.54) is 24.4 Å². The maximum atomic E-state index is 15.4. The van der Waals surface area contributed by atoms with Crippen molar-refractivity contribution in [1.29, 1.82) is 0 Å². The Balaban J connectivity index is 1.40. The summed E-state index contributed by atoms with van der Waals surface area (Å²) in [7, 11) is 0. The molecule has 0 spiro atoms. The third-order valence-electron chi connectivity index (χ3n) is 6.97. The molecule has 4 aromatic rings. The zero-order chi connectivity index (χ0) is 30.0. The number of fused-ring (bicyclic) bond motifs is 1. The Kier molecular flexibility index (Phi) is 8.15. The zero-order valence-electron chi connectivity index (χ0n) is 23.3. The van der Waals surface area contributed by atoms with Crippen molar-refractivity contribution >= 4 is 39.8 Å². The van der Waals surface area contributed by atoms with Crippen LogP contribution in [-0.2, 0) is 4.79 Å². The molecule has 0 bridgehead atoms. The number of rotatable bonds is 8. The number of anilines is 4. The third-order valence-corrected chi connectivity index (χ3v) is 6.97. The van der Waals surface area contributed by atoms with Gasteiger partial charge in [0.25, 0.3) is 0 Å². The number of hydrogen-bond donors (Lipinski definition) is 3. The van der Waals surface area contributed by atoms with Crippen LogP contribution in [0, 0.1) is 17.5 Å². The lowest BCUT2D eigenvalue weighted by Crippen LogP contribution is -2.50. The summed E-state index contributed by atoms with van der Waals surface area (Å²) < 4.78 is 45.9. The van der Waals surface area contributed by atoms with Crippen LogP contribution in [0.2, 0.25) is 0 Å². The van der Waals surface area contributed by atoms with E-state index in [9.17, 15) is 9.90 Å². The van der Waals surface area contributed by atoms with Gasteiger partial charge in [-0.2, -0.15) is 0 Å². The van der Waals surface area contributed by atoms with Crippen molar-refractivity contribution in [2.45, 2.75) is 19.4 Å². The highest BCUT2D eigenvalue weighted by Crippen LogP contribution is 2.34. The summed E-state index contributed by atoms with van der Waals surface area (Å²) in [6, 6.07) is 12.7. The van der Waals surface area contributed by atoms with E-state index in [4.69, 9.17) is 0 Å². The number of piperazine rings is 1. The molecule has 1 aliphatic heterocycles. The van der Waals surface area contributed by atoms with Gasteiger partial charge in [-0.15, -0.1) is 0 Å². The van der Waals surface area contributed by atoms with Crippen LogP contribution in [-0.4, -0.2) is 64.2 Å². The fourth-order valence-electron chi connectivity index (χ4n) is 5.05. The summed E-state index contributed by atoms with van der Waals surface area (Å²) in [5.41, 5.74) is 0.156. The maximum absolute atomic E-state index is 15.4. The van der Waals surface area contributed by atoms with Gasteiger partial charge in [0, 0.05) is 55.4 Å². The van der Waals surface area contributed by atoms with E-state index in [0.717, 1.165) is 6.08 Å². The van der Waals surface area contributed by atoms with Crippen molar-refractivity contribution < 1.29 is 23.1 Å². The van der Waals surface area contributed by atoms with Crippen LogP contribution >= 0.6 is 0 Å². The molecule has 0 atom stereocenters. The SMILES string of the molecule is C=CC(=O)Nc1cccc(-c2cccc3cnc(Nc4ccc(N5CCN(CC(C)(C)O)CC5)c(F)c4F)nc23)c1F. The number of carbonyl (C=O) groups is 1. The second kappa shape index (κ2) is 11.8. The van der Waals surface area contributed by atoms with Crippen LogP contribution < -0.4 is 15.5 Å². The predicted molar refractivity (Wildman–Crippen MR) is 158 cm³/mol. The van der Waals surface area contributed by atoms with E-state index in [1.807, 2.05) is 0 Å². The highest BCUT2D eigenvalue weighted by Gasteiger charge is 2.26. The van der Waals surface area contributed by atoms with Gasteiger partial charge in [-0.05, 0) is 38.1 Å². The standard InChI is InChI=1S/C31H31F3N6O2/c1-4-25(41)36-22-10-6-8-20(26(22)32)21-9-5-7-19-17-35-30(38-29(19)21)37-23-11-12-24(28(34)27(23)33)40-15-13-39(14-16-40)18-31(2,3)42/h4-12,17,42H,1,13-16,18H2,2-3H3,(H,36,41)(H,35,37,38). The van der Waals surface area contributed by atoms with E-state index < -0.39 is 29.0 Å². The Labute approximate surface area is 241 Å². The summed E-state index contributed by atoms with van der Waals surface area (Å²) in [5.74, 6) is -3.26. The number of carbonyl (C=O) groups excluding carboxylic acids is 1. The van der Waals surface area contributed by atoms with Crippen LogP contribution in [0.1, 0.15) is 13.8 Å². The van der Waals surface area contributed by atoms with Crippen molar-refractivity contribution in [3.05, 3.63) is 84.8 Å². The minimum atomic E-state index is -1.07. The molecule has 8 nitrogen and oxygen atoms in total. The number of aliphatic hydroxyl groups is 1. The second-order valence-corrected chi connectivity index (χ2v) is 10.8. The van der Waals surface area contributed by atoms with Crippen molar-refractivity contribution in [3.8, 4) is 11.1 Å². The summed E-state index contributed by atoms with van der Waals surface area (Å²) in [6.07, 6.45) is 2.55. The van der Waals surface area contributed by atoms with Crippen molar-refractivity contribution in [1.82, 2.24) is 14.9 Å². The predicted octanol–water partition coefficient (Wildman–Crippen LogP) is 5.48. The van der Waals surface area contributed by atoms with Crippen LogP contribution in [0.3, 0.4) is 0 Å². The summed E-state index contributed by atoms with van der Waals surface area (Å²) in [4.78, 5) is 24.3. The first-order valence-electron chi connectivity index (χ1n) is 13.5. The van der Waals surface area contributed by atoms with Crippen LogP contribution in [0.4, 0.5) is 36.2 Å². The van der Waals surface area contributed by atoms with Gasteiger partial charge in [-0.1, -0.05) is 36.9 Å². The maximum Gasteiger partial charge on any atom is 0.247 e. The average Bonchev–Trinajstić information content (AvgIpc) is 2.96. The lowest BCUT2D eigenvalue weighted by molar-refractivity contribution is -0.111. The van der Waals surface area contributed by atoms with E-state index >= 15 is 13.2 Å². The molecule has 1 saturated heterocycles. The molecule has 2 heterocycles. The number of nitrogens with one attached hydrogen (secondary N) is 2. The van der Waals surface area contributed by atoms with Gasteiger partial charge in [0.2, 0.25) is 11.9 Å². The molecule has 1 fully saturated rings. The molecule has 3 aromatic carbocycles. The Morgan fingerprint density at radius 3 is 2.40 bits per heavy atom. The number of amides is 1. The van der Waals surface area contributed by atoms with Gasteiger partial charge in [0.1, 0.15) is 0 Å². The molecule has 11 heteroatoms. The molecule has 0 radical (unpaired) electrons. The Bertz CT molecular complexity index is 1650. The van der Waals surface area contributed by atoms with E-state index in [1.54, 1.807) is 49.1 Å². The molecular weight excluding hydrogens is 545 g/mol. The normalized spacial score (nSPS) is 14.2. The Morgan fingerprint density at radius 2 is 1.69 bits per heavy atom. The molecule has 5 rings (SSSR count). The lowest BCUT2D eigenvalue weighted by atomic mass is 10.0. The van der Waals surface area contributed by atoms with Gasteiger partial charge in [-0.3, -0.25) is 9.69 Å². The highest BCUT2D eigenvalue weighted by atomic mass is 19.2. The number of halogens is 3. The minimum absolute atomic E-state index is 0.00208. The molecule has 1 aromatic heterocycles. The number of para-hydroxylation sites is 1. The molecule has 0 unspecified atom stereocenters. The quantitative estimate of drug-likeness (QED) is 0.240. The number of hydrogen-bond acceptors (Lipinski definition) is 7. The molecule has 42 heavy (non-hydrogen) atoms. The number of nitrogens with zero attached hydrogens (tertiary/aromatic N) is 4. The van der Waals surface area contributed by atoms with Gasteiger partial charge in [0.05, 0.1) is 28.2 Å². The molecule has 3 N–H and O–H groups in total. The molecule has 1 aliphatic rings. The molecule has 0 aliphatic carbocycles. The number of aromatic nitrogens is 2. The Hall–Kier alpha value is -4.48. The van der Waals surface area contributed by atoms with E-state index in [2.05, 4.69) is 32.1 Å². The molecule has 1 amide bonds. The zero-order valence-corrected chi connectivity index (χ0v) is 23.3. The van der Waals surface area contributed by atoms with Crippen LogP contribution in [0.25, 0.3) is 22.0 Å². The summed E-state index contributed by atoms with van der Waals surface area (Å²) >= 11 is 0. The second-order valence-electron chi connectivity index (χ2n) is 10.8. The van der Waals surface area contributed by atoms with Gasteiger partial charge in [-0.25, -0.2) is 23.1 Å². The fraction of sp³-hybridized carbons (Fsp3) is 0.258. The largest absolute Gasteiger partial charge is 0.389 e. The first-order chi connectivity index (χ1) is 20.0. The smallest absolute Gasteiger partial charge is 0.247 e. The lowest BCUT2D eigenvalue weighted by Gasteiger charge is -2.38. The first kappa shape index (κ1) is 29.0. The fourth-order valence-corrected chi connectivity index (χ4v) is 5.05. The van der Waals surface area contributed by atoms with Crippen molar-refractivity contribution in [2.24, 2.45) is 0 Å². The van der Waals surface area contributed by atoms with Gasteiger partial charge < -0.3 is 20.6 Å². The van der Waals surface area contributed by atoms with Crippen LogP contribution in [0.15, 0.2) is 67.4 Å². The highest BCUT2D eigenvalue weighted by molar-refractivity contribution is 6.00. The van der Waals surface area contributed by atoms with E-state index in [0.29, 0.717) is 49.2 Å². The molecule has 218 valence electrons. The molecule has 0 saturated carbocycles. The van der Waals surface area contributed by atoms with Crippen LogP contribution in [0.5, 0.6) is 0 Å². The topological polar surface area (TPSA) is 93.6 Å². The van der Waals surface area contributed by atoms with Crippen molar-refractivity contribution in [3.63, 3.8) is 0 Å². The number of benzene rings is 3. The van der Waals surface area contributed by atoms with Gasteiger partial charge >= 0.3 is 0 Å². The summed E-state index contributed by atoms with van der Waals surface area (Å²) in [6.45, 7) is 9.57. The monoisotopic (exact) mass is 576 g/mol. The molecular formula is C31H31F3N6O2.